The number of hydrogen-bond acceptors (Lipinski definition) is 2. The van der Waals surface area contributed by atoms with E-state index in [0.29, 0.717) is 33.0 Å². The minimum absolute atomic E-state index is 0.0812. The van der Waals surface area contributed by atoms with Gasteiger partial charge in [-0.05, 0) is 30.3 Å². The predicted molar refractivity (Wildman–Crippen MR) is 83.3 cm³/mol. The fraction of sp³-hybridized carbons (Fsp3) is 0.0714. The van der Waals surface area contributed by atoms with E-state index < -0.39 is 0 Å². The smallest absolute Gasteiger partial charge is 0.124 e. The lowest BCUT2D eigenvalue weighted by Gasteiger charge is -2.10. The summed E-state index contributed by atoms with van der Waals surface area (Å²) in [5.41, 5.74) is 6.69. The van der Waals surface area contributed by atoms with Crippen molar-refractivity contribution in [1.29, 1.82) is 5.41 Å². The minimum Gasteiger partial charge on any atom is -0.489 e. The SMILES string of the molecule is N=C(N)c1ccc(OCc2ccc(Cl)cc2Cl)cc1Cl. The average molecular weight is 330 g/mol. The van der Waals surface area contributed by atoms with Crippen LogP contribution in [0.5, 0.6) is 5.75 Å². The Bertz CT molecular complexity index is 659. The molecular weight excluding hydrogens is 319 g/mol. The van der Waals surface area contributed by atoms with Crippen LogP contribution in [0.2, 0.25) is 15.1 Å². The van der Waals surface area contributed by atoms with Crippen LogP contribution in [0.25, 0.3) is 0 Å². The molecule has 0 bridgehead atoms. The Morgan fingerprint density at radius 1 is 1.05 bits per heavy atom. The zero-order valence-electron chi connectivity index (χ0n) is 10.3. The number of rotatable bonds is 4. The summed E-state index contributed by atoms with van der Waals surface area (Å²) in [7, 11) is 0. The summed E-state index contributed by atoms with van der Waals surface area (Å²) in [5, 5.41) is 8.85. The number of nitrogens with one attached hydrogen (secondary N) is 1. The van der Waals surface area contributed by atoms with E-state index in [-0.39, 0.29) is 5.84 Å². The van der Waals surface area contributed by atoms with Gasteiger partial charge in [-0.3, -0.25) is 5.41 Å². The van der Waals surface area contributed by atoms with Crippen LogP contribution in [0.3, 0.4) is 0 Å². The highest BCUT2D eigenvalue weighted by molar-refractivity contribution is 6.35. The Hall–Kier alpha value is -1.42. The van der Waals surface area contributed by atoms with Gasteiger partial charge in [0.05, 0.1) is 5.02 Å². The van der Waals surface area contributed by atoms with Crippen molar-refractivity contribution in [3.8, 4) is 5.75 Å². The second-order valence-electron chi connectivity index (χ2n) is 4.08. The van der Waals surface area contributed by atoms with E-state index in [1.807, 2.05) is 0 Å². The van der Waals surface area contributed by atoms with Gasteiger partial charge >= 0.3 is 0 Å². The molecule has 2 aromatic rings. The van der Waals surface area contributed by atoms with Crippen LogP contribution in [-0.2, 0) is 6.61 Å². The first-order valence-electron chi connectivity index (χ1n) is 5.68. The first-order chi connectivity index (χ1) is 9.47. The molecule has 0 atom stereocenters. The Morgan fingerprint density at radius 3 is 2.40 bits per heavy atom. The van der Waals surface area contributed by atoms with E-state index in [9.17, 15) is 0 Å². The summed E-state index contributed by atoms with van der Waals surface area (Å²) in [4.78, 5) is 0. The van der Waals surface area contributed by atoms with Gasteiger partial charge in [-0.1, -0.05) is 40.9 Å². The summed E-state index contributed by atoms with van der Waals surface area (Å²) in [6, 6.07) is 10.2. The number of ether oxygens (including phenoxy) is 1. The molecule has 104 valence electrons. The molecule has 0 radical (unpaired) electrons. The standard InChI is InChI=1S/C14H11Cl3N2O/c15-9-2-1-8(12(16)5-9)7-20-10-3-4-11(14(18)19)13(17)6-10/h1-6H,7H2,(H3,18,19). The maximum Gasteiger partial charge on any atom is 0.124 e. The summed E-state index contributed by atoms with van der Waals surface area (Å²) in [5.74, 6) is 0.494. The van der Waals surface area contributed by atoms with Crippen molar-refractivity contribution in [3.63, 3.8) is 0 Å². The number of benzene rings is 2. The van der Waals surface area contributed by atoms with Gasteiger partial charge < -0.3 is 10.5 Å². The number of amidine groups is 1. The van der Waals surface area contributed by atoms with Crippen LogP contribution < -0.4 is 10.5 Å². The molecule has 3 N–H and O–H groups in total. The van der Waals surface area contributed by atoms with Crippen molar-refractivity contribution in [2.45, 2.75) is 6.61 Å². The summed E-state index contributed by atoms with van der Waals surface area (Å²) in [6.07, 6.45) is 0. The Balaban J connectivity index is 2.11. The van der Waals surface area contributed by atoms with Crippen molar-refractivity contribution in [2.24, 2.45) is 5.73 Å². The van der Waals surface area contributed by atoms with Crippen molar-refractivity contribution < 1.29 is 4.74 Å². The number of halogens is 3. The molecule has 3 nitrogen and oxygen atoms in total. The van der Waals surface area contributed by atoms with Crippen LogP contribution in [0.1, 0.15) is 11.1 Å². The molecule has 2 aromatic carbocycles. The van der Waals surface area contributed by atoms with Gasteiger partial charge in [0.2, 0.25) is 0 Å². The zero-order chi connectivity index (χ0) is 14.7. The van der Waals surface area contributed by atoms with E-state index >= 15 is 0 Å². The van der Waals surface area contributed by atoms with E-state index in [4.69, 9.17) is 50.7 Å². The first-order valence-corrected chi connectivity index (χ1v) is 6.81. The summed E-state index contributed by atoms with van der Waals surface area (Å²) < 4.78 is 5.61. The first kappa shape index (κ1) is 15.0. The molecule has 0 aliphatic heterocycles. The molecule has 20 heavy (non-hydrogen) atoms. The molecule has 0 amide bonds. The average Bonchev–Trinajstić information content (AvgIpc) is 2.37. The fourth-order valence-corrected chi connectivity index (χ4v) is 2.34. The number of nitrogens with two attached hydrogens (primary N) is 1. The second-order valence-corrected chi connectivity index (χ2v) is 5.33. The molecule has 0 aromatic heterocycles. The van der Waals surface area contributed by atoms with E-state index in [1.54, 1.807) is 36.4 Å². The van der Waals surface area contributed by atoms with Crippen LogP contribution in [0.15, 0.2) is 36.4 Å². The topological polar surface area (TPSA) is 59.1 Å². The van der Waals surface area contributed by atoms with Crippen LogP contribution in [-0.4, -0.2) is 5.84 Å². The largest absolute Gasteiger partial charge is 0.489 e. The minimum atomic E-state index is -0.0812. The highest BCUT2D eigenvalue weighted by Gasteiger charge is 2.06. The molecule has 0 saturated heterocycles. The van der Waals surface area contributed by atoms with Crippen LogP contribution in [0.4, 0.5) is 0 Å². The third-order valence-corrected chi connectivity index (χ3v) is 3.54. The van der Waals surface area contributed by atoms with Gasteiger partial charge in [-0.2, -0.15) is 0 Å². The van der Waals surface area contributed by atoms with Crippen molar-refractivity contribution in [2.75, 3.05) is 0 Å². The van der Waals surface area contributed by atoms with Gasteiger partial charge in [-0.15, -0.1) is 0 Å². The molecule has 0 aliphatic carbocycles. The second kappa shape index (κ2) is 6.35. The highest BCUT2D eigenvalue weighted by Crippen LogP contribution is 2.25. The monoisotopic (exact) mass is 328 g/mol. The van der Waals surface area contributed by atoms with Gasteiger partial charge in [0, 0.05) is 21.2 Å². The molecule has 0 fully saturated rings. The zero-order valence-corrected chi connectivity index (χ0v) is 12.6. The summed E-state index contributed by atoms with van der Waals surface area (Å²) in [6.45, 7) is 0.297. The van der Waals surface area contributed by atoms with E-state index in [1.165, 1.54) is 0 Å². The van der Waals surface area contributed by atoms with E-state index in [2.05, 4.69) is 0 Å². The number of hydrogen-bond donors (Lipinski definition) is 2. The van der Waals surface area contributed by atoms with Gasteiger partial charge in [0.25, 0.3) is 0 Å². The Labute approximate surface area is 131 Å². The quantitative estimate of drug-likeness (QED) is 0.640. The van der Waals surface area contributed by atoms with Crippen molar-refractivity contribution >= 4 is 40.6 Å². The Kier molecular flexibility index (Phi) is 4.76. The lowest BCUT2D eigenvalue weighted by Crippen LogP contribution is -2.11. The predicted octanol–water partition coefficient (Wildman–Crippen LogP) is 4.51. The fourth-order valence-electron chi connectivity index (χ4n) is 1.60. The van der Waals surface area contributed by atoms with Gasteiger partial charge in [0.15, 0.2) is 0 Å². The third-order valence-electron chi connectivity index (χ3n) is 2.64. The maximum absolute atomic E-state index is 7.35. The maximum atomic E-state index is 7.35. The van der Waals surface area contributed by atoms with Crippen LogP contribution in [0, 0.1) is 5.41 Å². The lowest BCUT2D eigenvalue weighted by molar-refractivity contribution is 0.306. The molecule has 6 heteroatoms. The molecule has 2 rings (SSSR count). The van der Waals surface area contributed by atoms with Gasteiger partial charge in [0.1, 0.15) is 18.2 Å². The van der Waals surface area contributed by atoms with Gasteiger partial charge in [-0.25, -0.2) is 0 Å². The van der Waals surface area contributed by atoms with Crippen molar-refractivity contribution in [3.05, 3.63) is 62.6 Å². The third kappa shape index (κ3) is 3.57. The normalized spacial score (nSPS) is 10.3. The lowest BCUT2D eigenvalue weighted by atomic mass is 10.2. The molecule has 0 heterocycles. The molecule has 0 saturated carbocycles. The van der Waals surface area contributed by atoms with E-state index in [0.717, 1.165) is 5.56 Å². The molecule has 0 unspecified atom stereocenters. The highest BCUT2D eigenvalue weighted by atomic mass is 35.5. The molecular formula is C14H11Cl3N2O. The van der Waals surface area contributed by atoms with Crippen molar-refractivity contribution in [1.82, 2.24) is 0 Å². The molecule has 0 spiro atoms. The molecule has 0 aliphatic rings. The summed E-state index contributed by atoms with van der Waals surface area (Å²) >= 11 is 17.9. The Morgan fingerprint density at radius 2 is 1.80 bits per heavy atom. The van der Waals surface area contributed by atoms with Crippen LogP contribution >= 0.6 is 34.8 Å². The number of nitrogen functional groups attached to an aromatic ring is 1.